The Kier molecular flexibility index (Phi) is 50.8. The Morgan fingerprint density at radius 3 is 0.906 bits per heavy atom. The molecule has 0 amide bonds. The molecule has 0 aromatic carbocycles. The van der Waals surface area contributed by atoms with Crippen molar-refractivity contribution in [3.05, 3.63) is 48.6 Å². The lowest BCUT2D eigenvalue weighted by molar-refractivity contribution is -0.167. The fourth-order valence-electron chi connectivity index (χ4n) is 7.81. The van der Waals surface area contributed by atoms with Gasteiger partial charge in [-0.05, 0) is 103 Å². The Balaban J connectivity index is 4.40. The molecule has 0 unspecified atom stereocenters. The SMILES string of the molecule is CCCCC/C=C\C/C=C\CCCCCCCC(=O)O[C@H](COC(=O)CCCCCCC/C=C\CCCCCCC)COC(=O)CCCCCCCCC/C=C\CCCCCCCC. The predicted octanol–water partition coefficient (Wildman–Crippen LogP) is 18.3. The van der Waals surface area contributed by atoms with Gasteiger partial charge in [0.05, 0.1) is 0 Å². The predicted molar refractivity (Wildman–Crippen MR) is 275 cm³/mol. The maximum atomic E-state index is 12.8. The number of allylic oxidation sites excluding steroid dienone is 8. The first-order valence-corrected chi connectivity index (χ1v) is 27.6. The first kappa shape index (κ1) is 61.4. The van der Waals surface area contributed by atoms with Gasteiger partial charge in [-0.1, -0.05) is 211 Å². The molecule has 0 spiro atoms. The number of hydrogen-bond donors (Lipinski definition) is 0. The highest BCUT2D eigenvalue weighted by atomic mass is 16.6. The molecule has 64 heavy (non-hydrogen) atoms. The molecule has 0 N–H and O–H groups in total. The van der Waals surface area contributed by atoms with Gasteiger partial charge in [-0.2, -0.15) is 0 Å². The van der Waals surface area contributed by atoms with E-state index in [4.69, 9.17) is 14.2 Å². The molecule has 0 aromatic rings. The zero-order valence-corrected chi connectivity index (χ0v) is 42.6. The Morgan fingerprint density at radius 2 is 0.562 bits per heavy atom. The lowest BCUT2D eigenvalue weighted by Crippen LogP contribution is -2.30. The van der Waals surface area contributed by atoms with Crippen LogP contribution in [0.15, 0.2) is 48.6 Å². The highest BCUT2D eigenvalue weighted by Gasteiger charge is 2.19. The Bertz CT molecular complexity index is 1120. The molecule has 372 valence electrons. The third-order valence-corrected chi connectivity index (χ3v) is 12.0. The standard InChI is InChI=1S/C58H104O6/c1-4-7-10-13-16-19-22-25-28-29-31-33-36-39-42-45-48-51-57(60)63-54-55(53-62-56(59)50-47-44-41-38-35-32-27-24-21-18-15-12-9-6-3)64-58(61)52-49-46-43-40-37-34-30-26-23-20-17-14-11-8-5-2/h17,20,24-28,30,55H,4-16,18-19,21-23,29,31-54H2,1-3H3/b20-17-,27-24-,28-25-,30-26-/t55-/m1/s1. The van der Waals surface area contributed by atoms with Gasteiger partial charge < -0.3 is 14.2 Å². The van der Waals surface area contributed by atoms with Crippen LogP contribution in [0.3, 0.4) is 0 Å². The van der Waals surface area contributed by atoms with E-state index >= 15 is 0 Å². The van der Waals surface area contributed by atoms with Gasteiger partial charge in [0.25, 0.3) is 0 Å². The second-order valence-corrected chi connectivity index (χ2v) is 18.5. The first-order valence-electron chi connectivity index (χ1n) is 27.6. The molecule has 0 heterocycles. The minimum atomic E-state index is -0.784. The number of hydrogen-bond acceptors (Lipinski definition) is 6. The fourth-order valence-corrected chi connectivity index (χ4v) is 7.81. The summed E-state index contributed by atoms with van der Waals surface area (Å²) in [5.41, 5.74) is 0. The zero-order valence-electron chi connectivity index (χ0n) is 42.6. The minimum Gasteiger partial charge on any atom is -0.462 e. The minimum absolute atomic E-state index is 0.0826. The van der Waals surface area contributed by atoms with Gasteiger partial charge in [0.15, 0.2) is 6.10 Å². The van der Waals surface area contributed by atoms with Crippen molar-refractivity contribution in [3.63, 3.8) is 0 Å². The van der Waals surface area contributed by atoms with Crippen molar-refractivity contribution in [3.8, 4) is 0 Å². The van der Waals surface area contributed by atoms with Crippen LogP contribution in [0.5, 0.6) is 0 Å². The van der Waals surface area contributed by atoms with Gasteiger partial charge in [0.2, 0.25) is 0 Å². The molecule has 0 fully saturated rings. The number of carbonyl (C=O) groups is 3. The second kappa shape index (κ2) is 53.0. The van der Waals surface area contributed by atoms with Gasteiger partial charge in [-0.15, -0.1) is 0 Å². The van der Waals surface area contributed by atoms with E-state index in [2.05, 4.69) is 69.4 Å². The van der Waals surface area contributed by atoms with E-state index in [-0.39, 0.29) is 31.1 Å². The summed E-state index contributed by atoms with van der Waals surface area (Å²) in [4.78, 5) is 38.1. The number of ether oxygens (including phenoxy) is 3. The lowest BCUT2D eigenvalue weighted by Gasteiger charge is -2.18. The van der Waals surface area contributed by atoms with E-state index in [9.17, 15) is 14.4 Å². The highest BCUT2D eigenvalue weighted by Crippen LogP contribution is 2.15. The van der Waals surface area contributed by atoms with Crippen LogP contribution in [-0.2, 0) is 28.6 Å². The van der Waals surface area contributed by atoms with Crippen LogP contribution in [-0.4, -0.2) is 37.2 Å². The normalized spacial score (nSPS) is 12.4. The summed E-state index contributed by atoms with van der Waals surface area (Å²) in [5, 5.41) is 0. The van der Waals surface area contributed by atoms with Crippen molar-refractivity contribution in [1.82, 2.24) is 0 Å². The molecule has 0 radical (unpaired) electrons. The monoisotopic (exact) mass is 897 g/mol. The molecule has 0 saturated carbocycles. The van der Waals surface area contributed by atoms with Crippen molar-refractivity contribution in [2.75, 3.05) is 13.2 Å². The summed E-state index contributed by atoms with van der Waals surface area (Å²) < 4.78 is 16.8. The average molecular weight is 897 g/mol. The van der Waals surface area contributed by atoms with Gasteiger partial charge in [0, 0.05) is 19.3 Å². The molecule has 0 saturated heterocycles. The van der Waals surface area contributed by atoms with Gasteiger partial charge >= 0.3 is 17.9 Å². The van der Waals surface area contributed by atoms with Crippen LogP contribution in [0.25, 0.3) is 0 Å². The quantitative estimate of drug-likeness (QED) is 0.0262. The first-order chi connectivity index (χ1) is 31.5. The van der Waals surface area contributed by atoms with Crippen LogP contribution in [0.4, 0.5) is 0 Å². The number of carbonyl (C=O) groups excluding carboxylic acids is 3. The van der Waals surface area contributed by atoms with Crippen molar-refractivity contribution in [2.24, 2.45) is 0 Å². The number of unbranched alkanes of at least 4 members (excludes halogenated alkanes) is 31. The van der Waals surface area contributed by atoms with Crippen LogP contribution >= 0.6 is 0 Å². The van der Waals surface area contributed by atoms with E-state index in [1.165, 1.54) is 154 Å². The van der Waals surface area contributed by atoms with E-state index in [0.717, 1.165) is 89.9 Å². The van der Waals surface area contributed by atoms with E-state index < -0.39 is 6.10 Å². The summed E-state index contributed by atoms with van der Waals surface area (Å²) in [5.74, 6) is -0.900. The molecular weight excluding hydrogens is 793 g/mol. The largest absolute Gasteiger partial charge is 0.462 e. The Labute approximate surface area is 397 Å². The van der Waals surface area contributed by atoms with Crippen molar-refractivity contribution in [2.45, 2.75) is 290 Å². The topological polar surface area (TPSA) is 78.9 Å². The summed E-state index contributed by atoms with van der Waals surface area (Å²) >= 11 is 0. The Morgan fingerprint density at radius 1 is 0.312 bits per heavy atom. The number of rotatable bonds is 50. The third-order valence-electron chi connectivity index (χ3n) is 12.0. The third kappa shape index (κ3) is 50.4. The molecule has 6 heteroatoms. The fraction of sp³-hybridized carbons (Fsp3) is 0.810. The number of esters is 3. The molecule has 0 bridgehead atoms. The molecule has 0 rings (SSSR count). The summed E-state index contributed by atoms with van der Waals surface area (Å²) in [6.07, 6.45) is 63.8. The van der Waals surface area contributed by atoms with Crippen LogP contribution < -0.4 is 0 Å². The maximum absolute atomic E-state index is 12.8. The summed E-state index contributed by atoms with van der Waals surface area (Å²) in [7, 11) is 0. The zero-order chi connectivity index (χ0) is 46.5. The van der Waals surface area contributed by atoms with Crippen molar-refractivity contribution < 1.29 is 28.6 Å². The lowest BCUT2D eigenvalue weighted by atomic mass is 10.1. The molecule has 0 aliphatic heterocycles. The van der Waals surface area contributed by atoms with E-state index in [1.807, 2.05) is 0 Å². The molecule has 6 nitrogen and oxygen atoms in total. The molecule has 0 aliphatic rings. The summed E-state index contributed by atoms with van der Waals surface area (Å²) in [6, 6.07) is 0. The van der Waals surface area contributed by atoms with Gasteiger partial charge in [-0.25, -0.2) is 0 Å². The van der Waals surface area contributed by atoms with Crippen molar-refractivity contribution in [1.29, 1.82) is 0 Å². The van der Waals surface area contributed by atoms with Gasteiger partial charge in [0.1, 0.15) is 13.2 Å². The van der Waals surface area contributed by atoms with Crippen LogP contribution in [0.2, 0.25) is 0 Å². The van der Waals surface area contributed by atoms with Gasteiger partial charge in [-0.3, -0.25) is 14.4 Å². The average Bonchev–Trinajstić information content (AvgIpc) is 3.29. The maximum Gasteiger partial charge on any atom is 0.306 e. The smallest absolute Gasteiger partial charge is 0.306 e. The molecular formula is C58H104O6. The molecule has 0 aromatic heterocycles. The van der Waals surface area contributed by atoms with Crippen LogP contribution in [0, 0.1) is 0 Å². The van der Waals surface area contributed by atoms with Crippen molar-refractivity contribution >= 4 is 17.9 Å². The summed E-state index contributed by atoms with van der Waals surface area (Å²) in [6.45, 7) is 6.60. The van der Waals surface area contributed by atoms with E-state index in [0.29, 0.717) is 19.3 Å². The Hall–Kier alpha value is -2.63. The van der Waals surface area contributed by atoms with Crippen LogP contribution in [0.1, 0.15) is 284 Å². The second-order valence-electron chi connectivity index (χ2n) is 18.5. The molecule has 1 atom stereocenters. The molecule has 0 aliphatic carbocycles. The van der Waals surface area contributed by atoms with E-state index in [1.54, 1.807) is 0 Å². The highest BCUT2D eigenvalue weighted by molar-refractivity contribution is 5.71.